The Morgan fingerprint density at radius 1 is 1.00 bits per heavy atom. The average Bonchev–Trinajstić information content (AvgIpc) is 2.64. The van der Waals surface area contributed by atoms with Crippen molar-refractivity contribution in [3.05, 3.63) is 52.6 Å². The smallest absolute Gasteiger partial charge is 0.123 e. The normalized spacial score (nSPS) is 12.8. The van der Waals surface area contributed by atoms with Crippen LogP contribution in [0.5, 0.6) is 0 Å². The van der Waals surface area contributed by atoms with Crippen molar-refractivity contribution in [2.75, 3.05) is 0 Å². The summed E-state index contributed by atoms with van der Waals surface area (Å²) in [5, 5.41) is 21.2. The van der Waals surface area contributed by atoms with Crippen LogP contribution < -0.4 is 0 Å². The minimum atomic E-state index is -0.665. The van der Waals surface area contributed by atoms with Crippen LogP contribution in [0.25, 0.3) is 11.1 Å². The number of pyridine rings is 1. The number of hydrogen-bond acceptors (Lipinski definition) is 3. The third kappa shape index (κ3) is 4.74. The maximum absolute atomic E-state index is 13.5. The van der Waals surface area contributed by atoms with Crippen molar-refractivity contribution in [2.45, 2.75) is 78.4 Å². The predicted molar refractivity (Wildman–Crippen MR) is 108 cm³/mol. The van der Waals surface area contributed by atoms with Crippen LogP contribution in [0, 0.1) is 5.82 Å². The van der Waals surface area contributed by atoms with Gasteiger partial charge in [-0.15, -0.1) is 0 Å². The summed E-state index contributed by atoms with van der Waals surface area (Å²) in [6.07, 6.45) is 1.87. The van der Waals surface area contributed by atoms with Crippen molar-refractivity contribution in [1.29, 1.82) is 0 Å². The highest BCUT2D eigenvalue weighted by atomic mass is 19.1. The molecule has 148 valence electrons. The van der Waals surface area contributed by atoms with E-state index in [0.717, 1.165) is 46.5 Å². The highest BCUT2D eigenvalue weighted by Gasteiger charge is 2.27. The first-order valence-corrected chi connectivity index (χ1v) is 9.93. The first kappa shape index (κ1) is 21.5. The fourth-order valence-corrected chi connectivity index (χ4v) is 3.58. The summed E-state index contributed by atoms with van der Waals surface area (Å²) in [7, 11) is 0. The highest BCUT2D eigenvalue weighted by molar-refractivity contribution is 5.73. The lowest BCUT2D eigenvalue weighted by Gasteiger charge is -2.26. The van der Waals surface area contributed by atoms with Crippen molar-refractivity contribution in [1.82, 2.24) is 4.98 Å². The van der Waals surface area contributed by atoms with Gasteiger partial charge in [0.2, 0.25) is 0 Å². The molecule has 4 heteroatoms. The molecule has 0 fully saturated rings. The van der Waals surface area contributed by atoms with Crippen LogP contribution in [-0.4, -0.2) is 15.2 Å². The van der Waals surface area contributed by atoms with E-state index in [1.165, 1.54) is 12.1 Å². The monoisotopic (exact) mass is 373 g/mol. The average molecular weight is 374 g/mol. The third-order valence-electron chi connectivity index (χ3n) is 4.95. The molecule has 0 saturated carbocycles. The van der Waals surface area contributed by atoms with E-state index >= 15 is 0 Å². The molecule has 1 atom stereocenters. The largest absolute Gasteiger partial charge is 0.392 e. The van der Waals surface area contributed by atoms with Gasteiger partial charge in [0.1, 0.15) is 5.82 Å². The maximum atomic E-state index is 13.5. The number of aliphatic hydroxyl groups is 2. The number of rotatable bonds is 8. The summed E-state index contributed by atoms with van der Waals surface area (Å²) in [5.74, 6) is -0.0500. The molecule has 1 unspecified atom stereocenters. The molecule has 0 aliphatic heterocycles. The van der Waals surface area contributed by atoms with Crippen LogP contribution in [0.4, 0.5) is 4.39 Å². The molecule has 2 rings (SSSR count). The summed E-state index contributed by atoms with van der Waals surface area (Å²) in [4.78, 5) is 4.88. The van der Waals surface area contributed by atoms with Gasteiger partial charge in [-0.3, -0.25) is 4.98 Å². The molecule has 0 bridgehead atoms. The van der Waals surface area contributed by atoms with Gasteiger partial charge in [-0.1, -0.05) is 59.6 Å². The zero-order chi connectivity index (χ0) is 20.1. The van der Waals surface area contributed by atoms with Gasteiger partial charge in [-0.2, -0.15) is 0 Å². The Labute approximate surface area is 162 Å². The Balaban J connectivity index is 2.86. The van der Waals surface area contributed by atoms with Gasteiger partial charge in [0.25, 0.3) is 0 Å². The van der Waals surface area contributed by atoms with Crippen molar-refractivity contribution in [3.8, 4) is 11.1 Å². The molecular formula is C23H32FNO2. The maximum Gasteiger partial charge on any atom is 0.123 e. The number of aliphatic hydroxyl groups excluding tert-OH is 2. The van der Waals surface area contributed by atoms with Crippen molar-refractivity contribution in [2.24, 2.45) is 0 Å². The number of benzene rings is 1. The highest BCUT2D eigenvalue weighted by Crippen LogP contribution is 2.40. The van der Waals surface area contributed by atoms with Crippen LogP contribution >= 0.6 is 0 Å². The third-order valence-corrected chi connectivity index (χ3v) is 4.95. The van der Waals surface area contributed by atoms with Gasteiger partial charge in [-0.25, -0.2) is 4.39 Å². The summed E-state index contributed by atoms with van der Waals surface area (Å²) >= 11 is 0. The van der Waals surface area contributed by atoms with E-state index in [1.807, 2.05) is 13.8 Å². The minimum absolute atomic E-state index is 0.126. The van der Waals surface area contributed by atoms with E-state index in [2.05, 4.69) is 20.8 Å². The topological polar surface area (TPSA) is 53.4 Å². The quantitative estimate of drug-likeness (QED) is 0.610. The number of unbranched alkanes of at least 4 members (excludes halogenated alkanes) is 1. The molecule has 0 saturated heterocycles. The Hall–Kier alpha value is -1.78. The second-order valence-electron chi connectivity index (χ2n) is 7.78. The van der Waals surface area contributed by atoms with Gasteiger partial charge in [0.15, 0.2) is 0 Å². The van der Waals surface area contributed by atoms with E-state index in [0.29, 0.717) is 6.42 Å². The summed E-state index contributed by atoms with van der Waals surface area (Å²) in [6.45, 7) is 10.2. The molecule has 1 aromatic carbocycles. The molecule has 0 spiro atoms. The molecular weight excluding hydrogens is 341 g/mol. The number of halogens is 1. The van der Waals surface area contributed by atoms with Crippen molar-refractivity contribution >= 4 is 0 Å². The Bertz CT molecular complexity index is 754. The molecule has 0 aliphatic carbocycles. The Morgan fingerprint density at radius 2 is 1.59 bits per heavy atom. The van der Waals surface area contributed by atoms with Gasteiger partial charge in [0.05, 0.1) is 12.7 Å². The van der Waals surface area contributed by atoms with E-state index in [1.54, 1.807) is 12.1 Å². The van der Waals surface area contributed by atoms with E-state index in [4.69, 9.17) is 4.98 Å². The molecule has 1 aromatic heterocycles. The molecule has 1 heterocycles. The molecule has 0 aliphatic rings. The van der Waals surface area contributed by atoms with Gasteiger partial charge in [0, 0.05) is 22.5 Å². The van der Waals surface area contributed by atoms with Gasteiger partial charge in [-0.05, 0) is 41.5 Å². The molecule has 0 amide bonds. The molecule has 2 N–H and O–H groups in total. The second-order valence-corrected chi connectivity index (χ2v) is 7.78. The molecule has 27 heavy (non-hydrogen) atoms. The van der Waals surface area contributed by atoms with E-state index in [-0.39, 0.29) is 24.3 Å². The fourth-order valence-electron chi connectivity index (χ4n) is 3.58. The zero-order valence-electron chi connectivity index (χ0n) is 17.1. The number of aromatic nitrogens is 1. The van der Waals surface area contributed by atoms with Crippen molar-refractivity contribution in [3.63, 3.8) is 0 Å². The van der Waals surface area contributed by atoms with E-state index in [9.17, 15) is 14.6 Å². The lowest BCUT2D eigenvalue weighted by Crippen LogP contribution is -2.15. The van der Waals surface area contributed by atoms with Crippen LogP contribution in [0.1, 0.15) is 94.3 Å². The Morgan fingerprint density at radius 3 is 2.07 bits per heavy atom. The van der Waals surface area contributed by atoms with Crippen molar-refractivity contribution < 1.29 is 14.6 Å². The SMILES string of the molecule is CCCCC(O)c1c(C(C)C)nc(C(C)C)c(CO)c1-c1ccc(F)cc1. The standard InChI is InChI=1S/C23H32FNO2/c1-6-7-8-19(27)21-20(16-9-11-17(24)12-10-16)18(13-26)22(14(2)3)25-23(21)15(4)5/h9-12,14-15,19,26-27H,6-8,13H2,1-5H3. The molecule has 2 aromatic rings. The van der Waals surface area contributed by atoms with Crippen LogP contribution in [0.2, 0.25) is 0 Å². The first-order chi connectivity index (χ1) is 12.8. The van der Waals surface area contributed by atoms with Crippen LogP contribution in [0.15, 0.2) is 24.3 Å². The fraction of sp³-hybridized carbons (Fsp3) is 0.522. The van der Waals surface area contributed by atoms with Gasteiger partial charge >= 0.3 is 0 Å². The summed E-state index contributed by atoms with van der Waals surface area (Å²) < 4.78 is 13.5. The molecule has 0 radical (unpaired) electrons. The van der Waals surface area contributed by atoms with Gasteiger partial charge < -0.3 is 10.2 Å². The zero-order valence-corrected chi connectivity index (χ0v) is 17.1. The molecule has 3 nitrogen and oxygen atoms in total. The van der Waals surface area contributed by atoms with Crippen LogP contribution in [-0.2, 0) is 6.61 Å². The Kier molecular flexibility index (Phi) is 7.51. The summed E-state index contributed by atoms with van der Waals surface area (Å²) in [5.41, 5.74) is 4.82. The predicted octanol–water partition coefficient (Wildman–Crippen LogP) is 5.85. The minimum Gasteiger partial charge on any atom is -0.392 e. The van der Waals surface area contributed by atoms with Crippen LogP contribution in [0.3, 0.4) is 0 Å². The lowest BCUT2D eigenvalue weighted by atomic mass is 9.84. The second kappa shape index (κ2) is 9.43. The summed E-state index contributed by atoms with van der Waals surface area (Å²) in [6, 6.07) is 6.27. The number of hydrogen-bond donors (Lipinski definition) is 2. The lowest BCUT2D eigenvalue weighted by molar-refractivity contribution is 0.162. The number of nitrogens with zero attached hydrogens (tertiary/aromatic N) is 1. The first-order valence-electron chi connectivity index (χ1n) is 9.93. The van der Waals surface area contributed by atoms with E-state index < -0.39 is 6.10 Å².